The molecule has 5 nitrogen and oxygen atoms in total. The number of nitrogens with one attached hydrogen (secondary N) is 1. The van der Waals surface area contributed by atoms with Crippen molar-refractivity contribution in [3.05, 3.63) is 17.3 Å². The first-order valence-electron chi connectivity index (χ1n) is 5.47. The second-order valence-electron chi connectivity index (χ2n) is 4.24. The Morgan fingerprint density at radius 2 is 2.31 bits per heavy atom. The van der Waals surface area contributed by atoms with Gasteiger partial charge in [-0.2, -0.15) is 0 Å². The molecule has 16 heavy (non-hydrogen) atoms. The zero-order chi connectivity index (χ0) is 11.7. The minimum absolute atomic E-state index is 0.105. The quantitative estimate of drug-likeness (QED) is 0.785. The highest BCUT2D eigenvalue weighted by Crippen LogP contribution is 2.30. The molecule has 2 atom stereocenters. The van der Waals surface area contributed by atoms with E-state index in [9.17, 15) is 4.79 Å². The summed E-state index contributed by atoms with van der Waals surface area (Å²) >= 11 is 0. The fraction of sp³-hybridized carbons (Fsp3) is 0.636. The second-order valence-corrected chi connectivity index (χ2v) is 4.24. The molecule has 0 amide bonds. The van der Waals surface area contributed by atoms with Crippen LogP contribution in [0.4, 0.5) is 0 Å². The molecule has 1 saturated heterocycles. The highest BCUT2D eigenvalue weighted by Gasteiger charge is 2.35. The van der Waals surface area contributed by atoms with Crippen molar-refractivity contribution in [1.29, 1.82) is 0 Å². The van der Waals surface area contributed by atoms with Gasteiger partial charge in [0.05, 0.1) is 17.5 Å². The molecule has 0 aromatic carbocycles. The molecule has 0 saturated carbocycles. The summed E-state index contributed by atoms with van der Waals surface area (Å²) in [5, 5.41) is 12.2. The van der Waals surface area contributed by atoms with Crippen LogP contribution in [0.5, 0.6) is 0 Å². The first-order valence-corrected chi connectivity index (χ1v) is 5.47. The molecule has 5 heteroatoms. The van der Waals surface area contributed by atoms with Crippen LogP contribution in [0.25, 0.3) is 0 Å². The van der Waals surface area contributed by atoms with E-state index in [4.69, 9.17) is 9.52 Å². The molecule has 88 valence electrons. The first kappa shape index (κ1) is 11.1. The van der Waals surface area contributed by atoms with Gasteiger partial charge in [0.1, 0.15) is 5.76 Å². The third-order valence-corrected chi connectivity index (χ3v) is 3.16. The number of oxazole rings is 1. The summed E-state index contributed by atoms with van der Waals surface area (Å²) in [5.41, 5.74) is 0.845. The summed E-state index contributed by atoms with van der Waals surface area (Å²) in [7, 11) is 0. The molecule has 1 aliphatic rings. The Labute approximate surface area is 93.9 Å². The molecule has 0 radical (unpaired) electrons. The van der Waals surface area contributed by atoms with E-state index in [2.05, 4.69) is 10.3 Å². The number of carbonyl (C=O) groups is 1. The smallest absolute Gasteiger partial charge is 0.308 e. The summed E-state index contributed by atoms with van der Waals surface area (Å²) < 4.78 is 5.53. The van der Waals surface area contributed by atoms with Gasteiger partial charge in [0, 0.05) is 6.54 Å². The maximum absolute atomic E-state index is 11.1. The van der Waals surface area contributed by atoms with Gasteiger partial charge in [0.2, 0.25) is 0 Å². The Hall–Kier alpha value is -1.36. The van der Waals surface area contributed by atoms with Gasteiger partial charge in [0.25, 0.3) is 0 Å². The molecule has 2 rings (SSSR count). The van der Waals surface area contributed by atoms with E-state index in [1.807, 2.05) is 13.8 Å². The lowest BCUT2D eigenvalue weighted by molar-refractivity contribution is -0.143. The molecule has 1 fully saturated rings. The third kappa shape index (κ3) is 1.95. The molecule has 0 spiro atoms. The molecular weight excluding hydrogens is 208 g/mol. The number of rotatable bonds is 2. The molecule has 2 unspecified atom stereocenters. The third-order valence-electron chi connectivity index (χ3n) is 3.16. The van der Waals surface area contributed by atoms with Gasteiger partial charge in [-0.25, -0.2) is 4.98 Å². The standard InChI is InChI=1S/C11H16N2O3/c1-6-7(2)16-10(13-6)8-3-4-12-5-9(8)11(14)15/h8-9,12H,3-5H2,1-2H3,(H,14,15). The van der Waals surface area contributed by atoms with E-state index in [1.54, 1.807) is 0 Å². The van der Waals surface area contributed by atoms with Crippen molar-refractivity contribution < 1.29 is 14.3 Å². The number of piperidine rings is 1. The van der Waals surface area contributed by atoms with Crippen molar-refractivity contribution in [2.24, 2.45) is 5.92 Å². The zero-order valence-corrected chi connectivity index (χ0v) is 9.49. The number of hydrogen-bond acceptors (Lipinski definition) is 4. The van der Waals surface area contributed by atoms with Gasteiger partial charge < -0.3 is 14.8 Å². The van der Waals surface area contributed by atoms with Crippen LogP contribution in [0, 0.1) is 19.8 Å². The molecule has 1 aliphatic heterocycles. The number of aromatic nitrogens is 1. The normalized spacial score (nSPS) is 25.6. The molecule has 2 N–H and O–H groups in total. The molecule has 0 aliphatic carbocycles. The van der Waals surface area contributed by atoms with Crippen LogP contribution in [0.3, 0.4) is 0 Å². The lowest BCUT2D eigenvalue weighted by Gasteiger charge is -2.26. The van der Waals surface area contributed by atoms with Crippen LogP contribution in [0.2, 0.25) is 0 Å². The van der Waals surface area contributed by atoms with E-state index in [-0.39, 0.29) is 5.92 Å². The SMILES string of the molecule is Cc1nc(C2CCNCC2C(=O)O)oc1C. The summed E-state index contributed by atoms with van der Waals surface area (Å²) in [6.07, 6.45) is 0.760. The number of hydrogen-bond donors (Lipinski definition) is 2. The van der Waals surface area contributed by atoms with E-state index >= 15 is 0 Å². The predicted octanol–water partition coefficient (Wildman–Crippen LogP) is 1.07. The van der Waals surface area contributed by atoms with Gasteiger partial charge in [-0.1, -0.05) is 0 Å². The summed E-state index contributed by atoms with van der Waals surface area (Å²) in [6, 6.07) is 0. The summed E-state index contributed by atoms with van der Waals surface area (Å²) in [4.78, 5) is 15.4. The number of aliphatic carboxylic acids is 1. The van der Waals surface area contributed by atoms with Crippen LogP contribution in [-0.2, 0) is 4.79 Å². The Balaban J connectivity index is 2.26. The van der Waals surface area contributed by atoms with Gasteiger partial charge in [-0.3, -0.25) is 4.79 Å². The Morgan fingerprint density at radius 3 is 2.88 bits per heavy atom. The van der Waals surface area contributed by atoms with E-state index in [0.29, 0.717) is 12.4 Å². The lowest BCUT2D eigenvalue weighted by Crippen LogP contribution is -2.39. The predicted molar refractivity (Wildman–Crippen MR) is 57.3 cm³/mol. The highest BCUT2D eigenvalue weighted by molar-refractivity contribution is 5.71. The van der Waals surface area contributed by atoms with Gasteiger partial charge in [-0.15, -0.1) is 0 Å². The van der Waals surface area contributed by atoms with Crippen LogP contribution in [0.1, 0.15) is 29.7 Å². The number of aryl methyl sites for hydroxylation is 2. The molecule has 1 aromatic rings. The average molecular weight is 224 g/mol. The van der Waals surface area contributed by atoms with Crippen molar-refractivity contribution in [3.8, 4) is 0 Å². The van der Waals surface area contributed by atoms with Crippen molar-refractivity contribution in [2.45, 2.75) is 26.2 Å². The monoisotopic (exact) mass is 224 g/mol. The van der Waals surface area contributed by atoms with Crippen LogP contribution in [0.15, 0.2) is 4.42 Å². The Kier molecular flexibility index (Phi) is 2.96. The molecular formula is C11H16N2O3. The highest BCUT2D eigenvalue weighted by atomic mass is 16.4. The summed E-state index contributed by atoms with van der Waals surface area (Å²) in [5.74, 6) is 0.0182. The van der Waals surface area contributed by atoms with Crippen LogP contribution < -0.4 is 5.32 Å². The van der Waals surface area contributed by atoms with E-state index < -0.39 is 11.9 Å². The van der Waals surface area contributed by atoms with Crippen LogP contribution >= 0.6 is 0 Å². The Morgan fingerprint density at radius 1 is 1.56 bits per heavy atom. The zero-order valence-electron chi connectivity index (χ0n) is 9.49. The number of nitrogens with zero attached hydrogens (tertiary/aromatic N) is 1. The minimum Gasteiger partial charge on any atom is -0.481 e. The fourth-order valence-corrected chi connectivity index (χ4v) is 2.07. The molecule has 2 heterocycles. The maximum Gasteiger partial charge on any atom is 0.308 e. The van der Waals surface area contributed by atoms with Crippen molar-refractivity contribution in [2.75, 3.05) is 13.1 Å². The topological polar surface area (TPSA) is 75.4 Å². The first-order chi connectivity index (χ1) is 7.59. The Bertz CT molecular complexity index is 380. The van der Waals surface area contributed by atoms with Crippen LogP contribution in [-0.4, -0.2) is 29.1 Å². The van der Waals surface area contributed by atoms with Gasteiger partial charge in [0.15, 0.2) is 5.89 Å². The fourth-order valence-electron chi connectivity index (χ4n) is 2.07. The average Bonchev–Trinajstić information content (AvgIpc) is 2.59. The van der Waals surface area contributed by atoms with Crippen molar-refractivity contribution in [1.82, 2.24) is 10.3 Å². The maximum atomic E-state index is 11.1. The summed E-state index contributed by atoms with van der Waals surface area (Å²) in [6.45, 7) is 5.03. The van der Waals surface area contributed by atoms with Gasteiger partial charge in [-0.05, 0) is 26.8 Å². The lowest BCUT2D eigenvalue weighted by atomic mass is 9.86. The van der Waals surface area contributed by atoms with Crippen molar-refractivity contribution >= 4 is 5.97 Å². The minimum atomic E-state index is -0.786. The van der Waals surface area contributed by atoms with E-state index in [1.165, 1.54) is 0 Å². The van der Waals surface area contributed by atoms with Gasteiger partial charge >= 0.3 is 5.97 Å². The van der Waals surface area contributed by atoms with E-state index in [0.717, 1.165) is 24.4 Å². The second kappa shape index (κ2) is 4.25. The molecule has 0 bridgehead atoms. The van der Waals surface area contributed by atoms with Crippen molar-refractivity contribution in [3.63, 3.8) is 0 Å². The largest absolute Gasteiger partial charge is 0.481 e. The number of carboxylic acid groups (broad SMARTS) is 1. The number of carboxylic acids is 1. The molecule has 1 aromatic heterocycles.